The highest BCUT2D eigenvalue weighted by Crippen LogP contribution is 2.44. The Morgan fingerprint density at radius 2 is 1.74 bits per heavy atom. The highest BCUT2D eigenvalue weighted by molar-refractivity contribution is 6.30. The number of benzene rings is 2. The van der Waals surface area contributed by atoms with Crippen molar-refractivity contribution >= 4 is 23.6 Å². The van der Waals surface area contributed by atoms with Crippen LogP contribution in [0.3, 0.4) is 0 Å². The van der Waals surface area contributed by atoms with Crippen molar-refractivity contribution in [1.82, 2.24) is 15.6 Å². The number of carbonyl (C=O) groups is 2. The van der Waals surface area contributed by atoms with Crippen LogP contribution in [0.2, 0.25) is 5.02 Å². The fraction of sp³-hybridized carbons (Fsp3) is 0.323. The number of urea groups is 1. The van der Waals surface area contributed by atoms with E-state index in [1.165, 1.54) is 18.3 Å². The summed E-state index contributed by atoms with van der Waals surface area (Å²) in [5.41, 5.74) is -2.38. The van der Waals surface area contributed by atoms with Gasteiger partial charge in [-0.2, -0.15) is 13.2 Å². The fourth-order valence-electron chi connectivity index (χ4n) is 6.01. The average molecular weight is 602 g/mol. The maximum atomic E-state index is 14.9. The first-order valence-corrected chi connectivity index (χ1v) is 13.9. The first-order valence-electron chi connectivity index (χ1n) is 13.5. The second-order valence-electron chi connectivity index (χ2n) is 10.5. The molecule has 6 nitrogen and oxygen atoms in total. The second-order valence-corrected chi connectivity index (χ2v) is 10.9. The molecule has 2 amide bonds. The van der Waals surface area contributed by atoms with Crippen LogP contribution in [0.25, 0.3) is 0 Å². The van der Waals surface area contributed by atoms with Crippen molar-refractivity contribution in [2.75, 3.05) is 6.61 Å². The number of fused-ring (bicyclic) bond motifs is 2. The van der Waals surface area contributed by atoms with Gasteiger partial charge in [-0.15, -0.1) is 0 Å². The molecule has 0 unspecified atom stereocenters. The summed E-state index contributed by atoms with van der Waals surface area (Å²) >= 11 is 6.08. The van der Waals surface area contributed by atoms with Crippen molar-refractivity contribution in [2.24, 2.45) is 17.8 Å². The van der Waals surface area contributed by atoms with E-state index in [0.29, 0.717) is 18.1 Å². The van der Waals surface area contributed by atoms with Crippen LogP contribution >= 0.6 is 11.6 Å². The van der Waals surface area contributed by atoms with Gasteiger partial charge in [0.2, 0.25) is 0 Å². The molecule has 2 bridgehead atoms. The largest absolute Gasteiger partial charge is 0.466 e. The molecule has 1 aromatic heterocycles. The van der Waals surface area contributed by atoms with E-state index in [1.807, 2.05) is 12.2 Å². The summed E-state index contributed by atoms with van der Waals surface area (Å²) in [5, 5.41) is 5.99. The van der Waals surface area contributed by atoms with Gasteiger partial charge in [-0.25, -0.2) is 9.18 Å². The van der Waals surface area contributed by atoms with Crippen molar-refractivity contribution < 1.29 is 31.9 Å². The lowest BCUT2D eigenvalue weighted by molar-refractivity contribution is -0.149. The SMILES string of the molecule is CCOC(=O)[C@@H]1[C@H](NC(=O)N[C@@](Cc2ccccc2)(c2cc(F)cc(C(F)(F)F)c2)c2ccc(Cl)cn2)[C@H]2C=C[C@@H]1C2. The van der Waals surface area contributed by atoms with Crippen LogP contribution < -0.4 is 10.6 Å². The van der Waals surface area contributed by atoms with Gasteiger partial charge in [0.15, 0.2) is 0 Å². The van der Waals surface area contributed by atoms with Gasteiger partial charge in [0.05, 0.1) is 34.8 Å². The molecule has 0 aliphatic heterocycles. The van der Waals surface area contributed by atoms with Gasteiger partial charge in [0.25, 0.3) is 0 Å². The lowest BCUT2D eigenvalue weighted by atomic mass is 9.79. The molecule has 2 N–H and O–H groups in total. The summed E-state index contributed by atoms with van der Waals surface area (Å²) in [5.74, 6) is -2.42. The maximum absolute atomic E-state index is 14.9. The Hall–Kier alpha value is -3.92. The van der Waals surface area contributed by atoms with Crippen LogP contribution in [0.15, 0.2) is 79.0 Å². The Morgan fingerprint density at radius 3 is 2.40 bits per heavy atom. The molecule has 2 aliphatic carbocycles. The minimum absolute atomic E-state index is 0.0748. The number of pyridine rings is 1. The topological polar surface area (TPSA) is 80.3 Å². The minimum atomic E-state index is -4.85. The normalized spacial score (nSPS) is 22.4. The third-order valence-corrected chi connectivity index (χ3v) is 8.06. The minimum Gasteiger partial charge on any atom is -0.466 e. The molecule has 220 valence electrons. The van der Waals surface area contributed by atoms with E-state index in [1.54, 1.807) is 37.3 Å². The van der Waals surface area contributed by atoms with Gasteiger partial charge in [0, 0.05) is 12.6 Å². The molecular formula is C31H28ClF4N3O3. The molecule has 1 heterocycles. The number of halogens is 5. The molecule has 3 aromatic rings. The molecule has 1 saturated carbocycles. The van der Waals surface area contributed by atoms with E-state index in [-0.39, 0.29) is 41.1 Å². The summed E-state index contributed by atoms with van der Waals surface area (Å²) < 4.78 is 61.7. The van der Waals surface area contributed by atoms with Gasteiger partial charge in [-0.3, -0.25) is 9.78 Å². The van der Waals surface area contributed by atoms with E-state index in [2.05, 4.69) is 15.6 Å². The number of hydrogen-bond donors (Lipinski definition) is 2. The molecule has 5 rings (SSSR count). The smallest absolute Gasteiger partial charge is 0.416 e. The molecule has 5 atom stereocenters. The highest BCUT2D eigenvalue weighted by Gasteiger charge is 2.50. The molecular weight excluding hydrogens is 574 g/mol. The third kappa shape index (κ3) is 5.99. The first-order chi connectivity index (χ1) is 20.0. The Labute approximate surface area is 245 Å². The predicted octanol–water partition coefficient (Wildman–Crippen LogP) is 6.43. The van der Waals surface area contributed by atoms with Crippen LogP contribution in [0, 0.1) is 23.6 Å². The summed E-state index contributed by atoms with van der Waals surface area (Å²) in [6.07, 6.45) is 0.900. The number of amides is 2. The molecule has 2 aromatic carbocycles. The molecule has 0 saturated heterocycles. The number of carbonyl (C=O) groups excluding carboxylic acids is 2. The number of allylic oxidation sites excluding steroid dienone is 1. The third-order valence-electron chi connectivity index (χ3n) is 7.84. The van der Waals surface area contributed by atoms with Crippen molar-refractivity contribution in [3.05, 3.63) is 112 Å². The zero-order valence-electron chi connectivity index (χ0n) is 22.5. The maximum Gasteiger partial charge on any atom is 0.416 e. The van der Waals surface area contributed by atoms with Crippen LogP contribution in [0.1, 0.15) is 35.7 Å². The van der Waals surface area contributed by atoms with Gasteiger partial charge in [-0.05, 0) is 66.6 Å². The molecule has 42 heavy (non-hydrogen) atoms. The van der Waals surface area contributed by atoms with Gasteiger partial charge in [-0.1, -0.05) is 54.1 Å². The van der Waals surface area contributed by atoms with Crippen molar-refractivity contribution in [3.63, 3.8) is 0 Å². The van der Waals surface area contributed by atoms with Crippen LogP contribution in [-0.4, -0.2) is 29.6 Å². The number of rotatable bonds is 8. The molecule has 1 fully saturated rings. The van der Waals surface area contributed by atoms with E-state index in [4.69, 9.17) is 16.3 Å². The fourth-order valence-corrected chi connectivity index (χ4v) is 6.12. The first kappa shape index (κ1) is 29.6. The number of aromatic nitrogens is 1. The molecule has 2 aliphatic rings. The lowest BCUT2D eigenvalue weighted by Crippen LogP contribution is -2.56. The number of ether oxygens (including phenoxy) is 1. The number of nitrogens with zero attached hydrogens (tertiary/aromatic N) is 1. The molecule has 11 heteroatoms. The molecule has 0 spiro atoms. The van der Waals surface area contributed by atoms with Crippen LogP contribution in [0.4, 0.5) is 22.4 Å². The summed E-state index contributed by atoms with van der Waals surface area (Å²) in [6.45, 7) is 1.88. The summed E-state index contributed by atoms with van der Waals surface area (Å²) in [4.78, 5) is 31.0. The van der Waals surface area contributed by atoms with Gasteiger partial charge >= 0.3 is 18.2 Å². The summed E-state index contributed by atoms with van der Waals surface area (Å²) in [6, 6.07) is 12.5. The van der Waals surface area contributed by atoms with Crippen LogP contribution in [0.5, 0.6) is 0 Å². The monoisotopic (exact) mass is 601 g/mol. The predicted molar refractivity (Wildman–Crippen MR) is 148 cm³/mol. The lowest BCUT2D eigenvalue weighted by Gasteiger charge is -2.37. The Balaban J connectivity index is 1.60. The quantitative estimate of drug-likeness (QED) is 0.177. The van der Waals surface area contributed by atoms with Crippen LogP contribution in [-0.2, 0) is 27.7 Å². The van der Waals surface area contributed by atoms with E-state index < -0.39 is 47.1 Å². The standard InChI is InChI=1S/C31H28ClF4N3O3/c1-2-42-28(40)26-19-8-9-20(12-19)27(26)38-29(41)39-30(16-18-6-4-3-5-7-18,25-11-10-23(32)17-37-25)21-13-22(31(34,35)36)15-24(33)14-21/h3-11,13-15,17,19-20,26-27H,2,12,16H2,1H3,(H2,38,39,41)/t19-,20+,26+,27-,30+/m1/s1. The van der Waals surface area contributed by atoms with Gasteiger partial charge < -0.3 is 15.4 Å². The summed E-state index contributed by atoms with van der Waals surface area (Å²) in [7, 11) is 0. The zero-order chi connectivity index (χ0) is 30.1. The number of alkyl halides is 3. The van der Waals surface area contributed by atoms with E-state index in [9.17, 15) is 27.2 Å². The van der Waals surface area contributed by atoms with Crippen molar-refractivity contribution in [3.8, 4) is 0 Å². The second kappa shape index (κ2) is 11.8. The Morgan fingerprint density at radius 1 is 1.02 bits per heavy atom. The van der Waals surface area contributed by atoms with Gasteiger partial charge in [0.1, 0.15) is 11.4 Å². The van der Waals surface area contributed by atoms with Crippen molar-refractivity contribution in [1.29, 1.82) is 0 Å². The zero-order valence-corrected chi connectivity index (χ0v) is 23.3. The Bertz CT molecular complexity index is 1480. The highest BCUT2D eigenvalue weighted by atomic mass is 35.5. The van der Waals surface area contributed by atoms with Crippen molar-refractivity contribution in [2.45, 2.75) is 37.5 Å². The number of esters is 1. The average Bonchev–Trinajstić information content (AvgIpc) is 3.55. The number of nitrogens with one attached hydrogen (secondary N) is 2. The van der Waals surface area contributed by atoms with E-state index >= 15 is 0 Å². The number of hydrogen-bond acceptors (Lipinski definition) is 4. The van der Waals surface area contributed by atoms with E-state index in [0.717, 1.165) is 12.1 Å². The molecule has 0 radical (unpaired) electrons. The Kier molecular flexibility index (Phi) is 8.28.